The van der Waals surface area contributed by atoms with E-state index in [1.807, 2.05) is 12.1 Å². The number of halogens is 1. The van der Waals surface area contributed by atoms with Crippen LogP contribution in [0.25, 0.3) is 0 Å². The molecule has 0 saturated heterocycles. The lowest BCUT2D eigenvalue weighted by Crippen LogP contribution is -2.11. The van der Waals surface area contributed by atoms with E-state index in [2.05, 4.69) is 15.9 Å². The van der Waals surface area contributed by atoms with Gasteiger partial charge in [-0.1, -0.05) is 0 Å². The Bertz CT molecular complexity index is 390. The fourth-order valence-electron chi connectivity index (χ4n) is 1.46. The van der Waals surface area contributed by atoms with Crippen LogP contribution in [0.3, 0.4) is 0 Å². The summed E-state index contributed by atoms with van der Waals surface area (Å²) < 4.78 is 6.03. The highest BCUT2D eigenvalue weighted by Crippen LogP contribution is 2.33. The van der Waals surface area contributed by atoms with Gasteiger partial charge in [0.25, 0.3) is 0 Å². The molecule has 0 bridgehead atoms. The van der Waals surface area contributed by atoms with Crippen LogP contribution < -0.4 is 4.74 Å². The number of Topliss-reactive ketones (excluding diaryl/α,β-unsaturated/α-hetero) is 1. The minimum atomic E-state index is 0.208. The number of rotatable bonds is 1. The second-order valence-electron chi connectivity index (χ2n) is 3.06. The van der Waals surface area contributed by atoms with Crippen LogP contribution in [0.2, 0.25) is 0 Å². The second-order valence-corrected chi connectivity index (χ2v) is 4.90. The molecule has 1 heterocycles. The van der Waals surface area contributed by atoms with Crippen LogP contribution in [0, 0.1) is 0 Å². The standard InChI is InChI=1S/C10H9BrO2S/c1-13-10-2-6-4-14-5-9(12)7(6)3-8(10)11/h2-3H,4-5H2,1H3. The third-order valence-corrected chi connectivity index (χ3v) is 3.77. The highest BCUT2D eigenvalue weighted by Gasteiger charge is 2.19. The minimum Gasteiger partial charge on any atom is -0.496 e. The van der Waals surface area contributed by atoms with Gasteiger partial charge in [0, 0.05) is 11.3 Å². The number of benzene rings is 1. The average molecular weight is 273 g/mol. The number of carbonyl (C=O) groups is 1. The van der Waals surface area contributed by atoms with Crippen molar-refractivity contribution in [3.63, 3.8) is 0 Å². The maximum atomic E-state index is 11.6. The van der Waals surface area contributed by atoms with Gasteiger partial charge < -0.3 is 4.74 Å². The first-order valence-electron chi connectivity index (χ1n) is 4.19. The SMILES string of the molecule is COc1cc2c(cc1Br)C(=O)CSC2. The summed E-state index contributed by atoms with van der Waals surface area (Å²) in [6.45, 7) is 0. The lowest BCUT2D eigenvalue weighted by molar-refractivity contribution is 0.102. The molecular weight excluding hydrogens is 264 g/mol. The van der Waals surface area contributed by atoms with Crippen molar-refractivity contribution in [2.75, 3.05) is 12.9 Å². The lowest BCUT2D eigenvalue weighted by Gasteiger charge is -2.16. The summed E-state index contributed by atoms with van der Waals surface area (Å²) in [6, 6.07) is 3.79. The van der Waals surface area contributed by atoms with E-state index >= 15 is 0 Å². The van der Waals surface area contributed by atoms with Crippen molar-refractivity contribution in [1.29, 1.82) is 0 Å². The van der Waals surface area contributed by atoms with E-state index in [-0.39, 0.29) is 5.78 Å². The van der Waals surface area contributed by atoms with Crippen LogP contribution in [0.4, 0.5) is 0 Å². The largest absolute Gasteiger partial charge is 0.496 e. The second kappa shape index (κ2) is 3.95. The number of ketones is 1. The number of carbonyl (C=O) groups excluding carboxylic acids is 1. The fourth-order valence-corrected chi connectivity index (χ4v) is 2.87. The van der Waals surface area contributed by atoms with Gasteiger partial charge in [-0.25, -0.2) is 0 Å². The maximum Gasteiger partial charge on any atom is 0.173 e. The van der Waals surface area contributed by atoms with Crippen molar-refractivity contribution in [1.82, 2.24) is 0 Å². The number of thioether (sulfide) groups is 1. The first-order valence-corrected chi connectivity index (χ1v) is 6.14. The molecule has 1 aromatic carbocycles. The highest BCUT2D eigenvalue weighted by atomic mass is 79.9. The van der Waals surface area contributed by atoms with Gasteiger partial charge in [0.2, 0.25) is 0 Å². The molecule has 0 spiro atoms. The number of fused-ring (bicyclic) bond motifs is 1. The molecule has 0 aliphatic carbocycles. The van der Waals surface area contributed by atoms with Crippen LogP contribution in [-0.4, -0.2) is 18.6 Å². The predicted molar refractivity (Wildman–Crippen MR) is 61.2 cm³/mol. The Balaban J connectivity index is 2.54. The summed E-state index contributed by atoms with van der Waals surface area (Å²) in [7, 11) is 1.63. The number of methoxy groups -OCH3 is 1. The summed E-state index contributed by atoms with van der Waals surface area (Å²) in [5.41, 5.74) is 1.91. The van der Waals surface area contributed by atoms with Gasteiger partial charge in [-0.2, -0.15) is 0 Å². The Kier molecular flexibility index (Phi) is 2.83. The molecule has 2 rings (SSSR count). The Morgan fingerprint density at radius 1 is 1.43 bits per heavy atom. The van der Waals surface area contributed by atoms with Crippen LogP contribution in [-0.2, 0) is 5.75 Å². The zero-order valence-electron chi connectivity index (χ0n) is 7.67. The van der Waals surface area contributed by atoms with Crippen molar-refractivity contribution in [2.45, 2.75) is 5.75 Å². The molecule has 14 heavy (non-hydrogen) atoms. The zero-order valence-corrected chi connectivity index (χ0v) is 10.1. The van der Waals surface area contributed by atoms with Crippen molar-refractivity contribution in [2.24, 2.45) is 0 Å². The molecule has 4 heteroatoms. The molecule has 1 aromatic rings. The summed E-state index contributed by atoms with van der Waals surface area (Å²) in [5, 5.41) is 0. The molecule has 0 radical (unpaired) electrons. The smallest absolute Gasteiger partial charge is 0.173 e. The summed E-state index contributed by atoms with van der Waals surface area (Å²) in [5.74, 6) is 2.48. The normalized spacial score (nSPS) is 15.1. The lowest BCUT2D eigenvalue weighted by atomic mass is 10.0. The summed E-state index contributed by atoms with van der Waals surface area (Å²) in [6.07, 6.45) is 0. The molecular formula is C10H9BrO2S. The molecule has 0 fully saturated rings. The highest BCUT2D eigenvalue weighted by molar-refractivity contribution is 9.10. The molecule has 0 N–H and O–H groups in total. The van der Waals surface area contributed by atoms with Gasteiger partial charge in [0.1, 0.15) is 5.75 Å². The van der Waals surface area contributed by atoms with Crippen LogP contribution in [0.15, 0.2) is 16.6 Å². The van der Waals surface area contributed by atoms with Crippen molar-refractivity contribution in [3.8, 4) is 5.75 Å². The Morgan fingerprint density at radius 3 is 2.93 bits per heavy atom. The van der Waals surface area contributed by atoms with E-state index in [1.165, 1.54) is 0 Å². The Morgan fingerprint density at radius 2 is 2.21 bits per heavy atom. The molecule has 0 atom stereocenters. The van der Waals surface area contributed by atoms with Crippen molar-refractivity contribution < 1.29 is 9.53 Å². The van der Waals surface area contributed by atoms with Crippen LogP contribution in [0.5, 0.6) is 5.75 Å². The van der Waals surface area contributed by atoms with Crippen molar-refractivity contribution >= 4 is 33.5 Å². The molecule has 0 saturated carbocycles. The molecule has 2 nitrogen and oxygen atoms in total. The maximum absolute atomic E-state index is 11.6. The minimum absolute atomic E-state index is 0.208. The Labute approximate surface area is 95.2 Å². The third-order valence-electron chi connectivity index (χ3n) is 2.17. The quantitative estimate of drug-likeness (QED) is 0.787. The summed E-state index contributed by atoms with van der Waals surface area (Å²) >= 11 is 5.03. The number of hydrogen-bond donors (Lipinski definition) is 0. The monoisotopic (exact) mass is 272 g/mol. The van der Waals surface area contributed by atoms with Gasteiger partial charge in [-0.05, 0) is 33.6 Å². The van der Waals surface area contributed by atoms with Gasteiger partial charge in [0.05, 0.1) is 17.3 Å². The zero-order chi connectivity index (χ0) is 10.1. The van der Waals surface area contributed by atoms with Crippen molar-refractivity contribution in [3.05, 3.63) is 27.7 Å². The molecule has 1 aliphatic rings. The van der Waals surface area contributed by atoms with Crippen LogP contribution in [0.1, 0.15) is 15.9 Å². The van der Waals surface area contributed by atoms with E-state index in [4.69, 9.17) is 4.74 Å². The Hall–Kier alpha value is -0.480. The predicted octanol–water partition coefficient (Wildman–Crippen LogP) is 2.89. The topological polar surface area (TPSA) is 26.3 Å². The number of hydrogen-bond acceptors (Lipinski definition) is 3. The first-order chi connectivity index (χ1) is 6.72. The fraction of sp³-hybridized carbons (Fsp3) is 0.300. The average Bonchev–Trinajstić information content (AvgIpc) is 2.19. The van der Waals surface area contributed by atoms with Gasteiger partial charge in [-0.3, -0.25) is 4.79 Å². The van der Waals surface area contributed by atoms with E-state index in [1.54, 1.807) is 18.9 Å². The van der Waals surface area contributed by atoms with E-state index in [0.29, 0.717) is 5.75 Å². The first kappa shape index (κ1) is 10.1. The molecule has 74 valence electrons. The van der Waals surface area contributed by atoms with E-state index < -0.39 is 0 Å². The molecule has 0 unspecified atom stereocenters. The molecule has 0 amide bonds. The summed E-state index contributed by atoms with van der Waals surface area (Å²) in [4.78, 5) is 11.6. The van der Waals surface area contributed by atoms with Gasteiger partial charge in [-0.15, -0.1) is 11.8 Å². The third kappa shape index (κ3) is 1.68. The number of ether oxygens (including phenoxy) is 1. The van der Waals surface area contributed by atoms with Gasteiger partial charge >= 0.3 is 0 Å². The molecule has 0 aromatic heterocycles. The van der Waals surface area contributed by atoms with E-state index in [9.17, 15) is 4.79 Å². The molecule has 1 aliphatic heterocycles. The van der Waals surface area contributed by atoms with E-state index in [0.717, 1.165) is 27.1 Å². The van der Waals surface area contributed by atoms with Gasteiger partial charge in [0.15, 0.2) is 5.78 Å². The van der Waals surface area contributed by atoms with Crippen LogP contribution >= 0.6 is 27.7 Å².